The van der Waals surface area contributed by atoms with Crippen molar-refractivity contribution in [2.24, 2.45) is 0 Å². The molecule has 23 heavy (non-hydrogen) atoms. The van der Waals surface area contributed by atoms with E-state index in [1.54, 1.807) is 23.1 Å². The lowest BCUT2D eigenvalue weighted by Crippen LogP contribution is -2.35. The molecule has 0 spiro atoms. The van der Waals surface area contributed by atoms with E-state index in [1.807, 2.05) is 14.0 Å². The normalized spacial score (nSPS) is 14.5. The molecule has 1 amide bonds. The minimum Gasteiger partial charge on any atom is -0.490 e. The highest BCUT2D eigenvalue weighted by atomic mass is 16.5. The molecule has 6 heteroatoms. The van der Waals surface area contributed by atoms with Crippen molar-refractivity contribution in [2.45, 2.75) is 38.6 Å². The second-order valence-electron chi connectivity index (χ2n) is 5.63. The van der Waals surface area contributed by atoms with Crippen LogP contribution in [0.1, 0.15) is 43.0 Å². The number of benzene rings is 1. The number of amides is 1. The van der Waals surface area contributed by atoms with Gasteiger partial charge in [-0.25, -0.2) is 4.79 Å². The first kappa shape index (κ1) is 17.1. The Morgan fingerprint density at radius 2 is 1.91 bits per heavy atom. The Bertz CT molecular complexity index is 566. The van der Waals surface area contributed by atoms with Crippen LogP contribution in [0, 0.1) is 0 Å². The van der Waals surface area contributed by atoms with Gasteiger partial charge in [0.25, 0.3) is 5.91 Å². The van der Waals surface area contributed by atoms with Gasteiger partial charge in [-0.2, -0.15) is 0 Å². The van der Waals surface area contributed by atoms with Crippen LogP contribution in [-0.4, -0.2) is 48.2 Å². The average molecular weight is 321 g/mol. The fourth-order valence-electron chi connectivity index (χ4n) is 2.83. The minimum atomic E-state index is -1.06. The third-order valence-corrected chi connectivity index (χ3v) is 4.03. The van der Waals surface area contributed by atoms with Crippen LogP contribution in [0.25, 0.3) is 0 Å². The predicted molar refractivity (Wildman–Crippen MR) is 85.1 cm³/mol. The maximum Gasteiger partial charge on any atom is 0.341 e. The summed E-state index contributed by atoms with van der Waals surface area (Å²) in [6.07, 6.45) is 4.41. The monoisotopic (exact) mass is 321 g/mol. The molecule has 0 unspecified atom stereocenters. The van der Waals surface area contributed by atoms with E-state index < -0.39 is 12.6 Å². The largest absolute Gasteiger partial charge is 0.490 e. The predicted octanol–water partition coefficient (Wildman–Crippen LogP) is 2.56. The molecule has 0 aromatic heterocycles. The molecule has 1 aromatic carbocycles. The second kappa shape index (κ2) is 7.85. The fraction of sp³-hybridized carbons (Fsp3) is 0.529. The summed E-state index contributed by atoms with van der Waals surface area (Å²) in [7, 11) is 1.83. The SMILES string of the molecule is CCOc1cc(C(=O)N(C)C2CCCC2)ccc1OCC(=O)O. The first-order chi connectivity index (χ1) is 11.0. The van der Waals surface area contributed by atoms with Crippen LogP contribution >= 0.6 is 0 Å². The van der Waals surface area contributed by atoms with Crippen LogP contribution in [0.3, 0.4) is 0 Å². The number of hydrogen-bond acceptors (Lipinski definition) is 4. The van der Waals surface area contributed by atoms with E-state index in [2.05, 4.69) is 0 Å². The minimum absolute atomic E-state index is 0.0531. The smallest absolute Gasteiger partial charge is 0.341 e. The van der Waals surface area contributed by atoms with Crippen molar-refractivity contribution >= 4 is 11.9 Å². The number of hydrogen-bond donors (Lipinski definition) is 1. The van der Waals surface area contributed by atoms with Crippen molar-refractivity contribution < 1.29 is 24.2 Å². The van der Waals surface area contributed by atoms with E-state index in [9.17, 15) is 9.59 Å². The van der Waals surface area contributed by atoms with Gasteiger partial charge in [-0.3, -0.25) is 4.79 Å². The standard InChI is InChI=1S/C17H23NO5/c1-3-22-15-10-12(8-9-14(15)23-11-16(19)20)17(21)18(2)13-6-4-5-7-13/h8-10,13H,3-7,11H2,1-2H3,(H,19,20). The van der Waals surface area contributed by atoms with Gasteiger partial charge in [0.15, 0.2) is 18.1 Å². The Hall–Kier alpha value is -2.24. The van der Waals surface area contributed by atoms with Gasteiger partial charge >= 0.3 is 5.97 Å². The number of aliphatic carboxylic acids is 1. The summed E-state index contributed by atoms with van der Waals surface area (Å²) in [6.45, 7) is 1.77. The molecular weight excluding hydrogens is 298 g/mol. The van der Waals surface area contributed by atoms with Gasteiger partial charge in [0, 0.05) is 18.7 Å². The summed E-state index contributed by atoms with van der Waals surface area (Å²) < 4.78 is 10.7. The Labute approximate surface area is 136 Å². The Morgan fingerprint density at radius 1 is 1.22 bits per heavy atom. The maximum absolute atomic E-state index is 12.6. The summed E-state index contributed by atoms with van der Waals surface area (Å²) in [6, 6.07) is 5.15. The van der Waals surface area contributed by atoms with Gasteiger partial charge in [-0.05, 0) is 38.0 Å². The number of carboxylic acid groups (broad SMARTS) is 1. The van der Waals surface area contributed by atoms with Gasteiger partial charge in [0.05, 0.1) is 6.61 Å². The lowest BCUT2D eigenvalue weighted by molar-refractivity contribution is -0.139. The summed E-state index contributed by atoms with van der Waals surface area (Å²) in [5.41, 5.74) is 0.519. The molecule has 1 fully saturated rings. The third-order valence-electron chi connectivity index (χ3n) is 4.03. The molecule has 1 saturated carbocycles. The molecule has 0 aliphatic heterocycles. The Morgan fingerprint density at radius 3 is 2.52 bits per heavy atom. The van der Waals surface area contributed by atoms with Gasteiger partial charge < -0.3 is 19.5 Å². The molecule has 2 rings (SSSR count). The van der Waals surface area contributed by atoms with E-state index >= 15 is 0 Å². The van der Waals surface area contributed by atoms with Crippen LogP contribution in [-0.2, 0) is 4.79 Å². The molecule has 126 valence electrons. The van der Waals surface area contributed by atoms with Crippen molar-refractivity contribution in [3.8, 4) is 11.5 Å². The molecule has 0 saturated heterocycles. The molecule has 1 aliphatic carbocycles. The van der Waals surface area contributed by atoms with E-state index in [1.165, 1.54) is 0 Å². The van der Waals surface area contributed by atoms with E-state index in [0.29, 0.717) is 29.7 Å². The summed E-state index contributed by atoms with van der Waals surface area (Å²) in [4.78, 5) is 25.0. The van der Waals surface area contributed by atoms with E-state index in [-0.39, 0.29) is 5.91 Å². The van der Waals surface area contributed by atoms with Crippen molar-refractivity contribution in [3.05, 3.63) is 23.8 Å². The molecule has 0 radical (unpaired) electrons. The zero-order valence-electron chi connectivity index (χ0n) is 13.6. The maximum atomic E-state index is 12.6. The van der Waals surface area contributed by atoms with Gasteiger partial charge in [0.2, 0.25) is 0 Å². The molecule has 1 aromatic rings. The third kappa shape index (κ3) is 4.37. The zero-order chi connectivity index (χ0) is 16.8. The lowest BCUT2D eigenvalue weighted by atomic mass is 10.1. The molecule has 6 nitrogen and oxygen atoms in total. The number of ether oxygens (including phenoxy) is 2. The summed E-state index contributed by atoms with van der Waals surface area (Å²) >= 11 is 0. The molecular formula is C17H23NO5. The van der Waals surface area contributed by atoms with Gasteiger partial charge in [0.1, 0.15) is 0 Å². The van der Waals surface area contributed by atoms with Crippen molar-refractivity contribution in [2.75, 3.05) is 20.3 Å². The molecule has 0 bridgehead atoms. The van der Waals surface area contributed by atoms with Crippen LogP contribution in [0.5, 0.6) is 11.5 Å². The Balaban J connectivity index is 2.16. The number of rotatable bonds is 7. The molecule has 1 aliphatic rings. The number of carbonyl (C=O) groups excluding carboxylic acids is 1. The topological polar surface area (TPSA) is 76.1 Å². The Kier molecular flexibility index (Phi) is 5.84. The first-order valence-corrected chi connectivity index (χ1v) is 7.91. The van der Waals surface area contributed by atoms with Crippen molar-refractivity contribution in [3.63, 3.8) is 0 Å². The highest BCUT2D eigenvalue weighted by molar-refractivity contribution is 5.95. The summed E-state index contributed by atoms with van der Waals surface area (Å²) in [5, 5.41) is 8.71. The van der Waals surface area contributed by atoms with Crippen LogP contribution in [0.15, 0.2) is 18.2 Å². The van der Waals surface area contributed by atoms with Gasteiger partial charge in [-0.15, -0.1) is 0 Å². The zero-order valence-corrected chi connectivity index (χ0v) is 13.6. The number of carboxylic acids is 1. The highest BCUT2D eigenvalue weighted by Gasteiger charge is 2.25. The van der Waals surface area contributed by atoms with Crippen molar-refractivity contribution in [1.29, 1.82) is 0 Å². The van der Waals surface area contributed by atoms with Crippen LogP contribution in [0.2, 0.25) is 0 Å². The van der Waals surface area contributed by atoms with Crippen molar-refractivity contribution in [1.82, 2.24) is 4.90 Å². The van der Waals surface area contributed by atoms with Crippen LogP contribution < -0.4 is 9.47 Å². The molecule has 0 heterocycles. The number of carbonyl (C=O) groups is 2. The van der Waals surface area contributed by atoms with E-state index in [0.717, 1.165) is 25.7 Å². The lowest BCUT2D eigenvalue weighted by Gasteiger charge is -2.24. The van der Waals surface area contributed by atoms with E-state index in [4.69, 9.17) is 14.6 Å². The molecule has 0 atom stereocenters. The molecule has 1 N–H and O–H groups in total. The second-order valence-corrected chi connectivity index (χ2v) is 5.63. The number of nitrogens with zero attached hydrogens (tertiary/aromatic N) is 1. The summed E-state index contributed by atoms with van der Waals surface area (Å²) in [5.74, 6) is -0.398. The highest BCUT2D eigenvalue weighted by Crippen LogP contribution is 2.30. The first-order valence-electron chi connectivity index (χ1n) is 7.91. The average Bonchev–Trinajstić information content (AvgIpc) is 3.06. The van der Waals surface area contributed by atoms with Crippen LogP contribution in [0.4, 0.5) is 0 Å². The van der Waals surface area contributed by atoms with Gasteiger partial charge in [-0.1, -0.05) is 12.8 Å². The quantitative estimate of drug-likeness (QED) is 0.835. The fourth-order valence-corrected chi connectivity index (χ4v) is 2.83.